The maximum absolute atomic E-state index is 12.6. The van der Waals surface area contributed by atoms with E-state index < -0.39 is 11.9 Å². The summed E-state index contributed by atoms with van der Waals surface area (Å²) < 4.78 is 42.3. The van der Waals surface area contributed by atoms with Gasteiger partial charge in [-0.3, -0.25) is 0 Å². The van der Waals surface area contributed by atoms with Gasteiger partial charge >= 0.3 is 6.18 Å². The van der Waals surface area contributed by atoms with Crippen LogP contribution in [0.1, 0.15) is 24.6 Å². The highest BCUT2D eigenvalue weighted by Gasteiger charge is 2.37. The van der Waals surface area contributed by atoms with Gasteiger partial charge in [-0.15, -0.1) is 0 Å². The maximum atomic E-state index is 12.6. The number of phenolic OH excluding ortho intramolecular Hbond substituents is 1. The van der Waals surface area contributed by atoms with Crippen molar-refractivity contribution in [3.8, 4) is 5.75 Å². The van der Waals surface area contributed by atoms with Crippen molar-refractivity contribution in [2.75, 3.05) is 0 Å². The van der Waals surface area contributed by atoms with Gasteiger partial charge in [0, 0.05) is 6.07 Å². The molecule has 1 heterocycles. The number of aryl methyl sites for hydroxylation is 1. The molecule has 0 aliphatic rings. The molecule has 0 bridgehead atoms. The Kier molecular flexibility index (Phi) is 2.73. The zero-order chi connectivity index (χ0) is 12.6. The summed E-state index contributed by atoms with van der Waals surface area (Å²) in [7, 11) is 0. The van der Waals surface area contributed by atoms with Gasteiger partial charge in [-0.05, 0) is 18.1 Å². The summed E-state index contributed by atoms with van der Waals surface area (Å²) in [5.74, 6) is -0.0655. The fourth-order valence-electron chi connectivity index (χ4n) is 1.69. The molecule has 1 aromatic heterocycles. The fraction of sp³-hybridized carbons (Fsp3) is 0.364. The monoisotopic (exact) mass is 245 g/mol. The van der Waals surface area contributed by atoms with Crippen LogP contribution in [0.4, 0.5) is 13.2 Å². The van der Waals surface area contributed by atoms with Crippen LogP contribution in [0.15, 0.2) is 16.7 Å². The number of halogens is 3. The Morgan fingerprint density at radius 3 is 2.65 bits per heavy atom. The molecule has 6 heteroatoms. The van der Waals surface area contributed by atoms with Gasteiger partial charge in [0.2, 0.25) is 0 Å². The Balaban J connectivity index is 2.63. The van der Waals surface area contributed by atoms with Gasteiger partial charge < -0.3 is 9.63 Å². The molecule has 1 N–H and O–H groups in total. The van der Waals surface area contributed by atoms with E-state index in [0.717, 1.165) is 6.42 Å². The highest BCUT2D eigenvalue weighted by molar-refractivity contribution is 5.82. The van der Waals surface area contributed by atoms with Crippen molar-refractivity contribution in [1.29, 1.82) is 0 Å². The van der Waals surface area contributed by atoms with E-state index in [2.05, 4.69) is 9.68 Å². The fourth-order valence-corrected chi connectivity index (χ4v) is 1.69. The second-order valence-corrected chi connectivity index (χ2v) is 3.76. The molecule has 0 amide bonds. The number of fused-ring (bicyclic) bond motifs is 1. The summed E-state index contributed by atoms with van der Waals surface area (Å²) in [5.41, 5.74) is -0.645. The molecule has 92 valence electrons. The van der Waals surface area contributed by atoms with Gasteiger partial charge in [0.1, 0.15) is 5.75 Å². The van der Waals surface area contributed by atoms with E-state index >= 15 is 0 Å². The highest BCUT2D eigenvalue weighted by atomic mass is 19.4. The van der Waals surface area contributed by atoms with Crippen LogP contribution in [0, 0.1) is 0 Å². The molecule has 3 nitrogen and oxygen atoms in total. The van der Waals surface area contributed by atoms with E-state index in [1.54, 1.807) is 0 Å². The minimum absolute atomic E-state index is 0.0605. The first-order chi connectivity index (χ1) is 7.93. The van der Waals surface area contributed by atoms with Crippen molar-refractivity contribution in [2.45, 2.75) is 25.9 Å². The van der Waals surface area contributed by atoms with Gasteiger partial charge in [0.05, 0.1) is 5.39 Å². The summed E-state index contributed by atoms with van der Waals surface area (Å²) in [6.07, 6.45) is -3.32. The predicted molar refractivity (Wildman–Crippen MR) is 54.7 cm³/mol. The predicted octanol–water partition coefficient (Wildman–Crippen LogP) is 3.50. The normalized spacial score (nSPS) is 12.2. The first kappa shape index (κ1) is 11.8. The average Bonchev–Trinajstić information content (AvgIpc) is 2.61. The Morgan fingerprint density at radius 2 is 2.06 bits per heavy atom. The van der Waals surface area contributed by atoms with Crippen LogP contribution in [-0.2, 0) is 12.6 Å². The zero-order valence-electron chi connectivity index (χ0n) is 9.01. The molecule has 0 aliphatic carbocycles. The van der Waals surface area contributed by atoms with Crippen molar-refractivity contribution in [1.82, 2.24) is 5.16 Å². The van der Waals surface area contributed by atoms with Crippen molar-refractivity contribution in [2.24, 2.45) is 0 Å². The van der Waals surface area contributed by atoms with Gasteiger partial charge in [0.15, 0.2) is 11.3 Å². The number of benzene rings is 1. The van der Waals surface area contributed by atoms with Crippen LogP contribution < -0.4 is 0 Å². The number of phenols is 1. The minimum atomic E-state index is -4.55. The second-order valence-electron chi connectivity index (χ2n) is 3.76. The third kappa shape index (κ3) is 2.07. The SMILES string of the molecule is CCCc1cc2c(C(F)(F)F)noc2cc1O. The molecule has 17 heavy (non-hydrogen) atoms. The number of aromatic hydroxyl groups is 1. The van der Waals surface area contributed by atoms with E-state index in [1.165, 1.54) is 12.1 Å². The molecule has 0 unspecified atom stereocenters. The largest absolute Gasteiger partial charge is 0.508 e. The van der Waals surface area contributed by atoms with Crippen LogP contribution >= 0.6 is 0 Å². The number of rotatable bonds is 2. The molecular formula is C11H10F3NO2. The average molecular weight is 245 g/mol. The van der Waals surface area contributed by atoms with Crippen LogP contribution in [0.2, 0.25) is 0 Å². The van der Waals surface area contributed by atoms with Crippen molar-refractivity contribution in [3.63, 3.8) is 0 Å². The maximum Gasteiger partial charge on any atom is 0.437 e. The molecule has 0 fully saturated rings. The van der Waals surface area contributed by atoms with E-state index in [1.807, 2.05) is 6.92 Å². The number of nitrogens with zero attached hydrogens (tertiary/aromatic N) is 1. The lowest BCUT2D eigenvalue weighted by atomic mass is 10.1. The summed E-state index contributed by atoms with van der Waals surface area (Å²) >= 11 is 0. The molecule has 2 aromatic rings. The Bertz CT molecular complexity index is 545. The number of hydrogen-bond donors (Lipinski definition) is 1. The Morgan fingerprint density at radius 1 is 1.35 bits per heavy atom. The molecular weight excluding hydrogens is 235 g/mol. The summed E-state index contributed by atoms with van der Waals surface area (Å²) in [5, 5.41) is 12.5. The van der Waals surface area contributed by atoms with Crippen LogP contribution in [0.3, 0.4) is 0 Å². The van der Waals surface area contributed by atoms with Crippen molar-refractivity contribution in [3.05, 3.63) is 23.4 Å². The minimum Gasteiger partial charge on any atom is -0.508 e. The molecule has 0 saturated carbocycles. The van der Waals surface area contributed by atoms with Crippen LogP contribution in [0.25, 0.3) is 11.0 Å². The van der Waals surface area contributed by atoms with Gasteiger partial charge in [-0.2, -0.15) is 13.2 Å². The second kappa shape index (κ2) is 3.94. The van der Waals surface area contributed by atoms with Crippen LogP contribution in [-0.4, -0.2) is 10.3 Å². The standard InChI is InChI=1S/C11H10F3NO2/c1-2-3-6-4-7-9(5-8(6)16)17-15-10(7)11(12,13)14/h4-5,16H,2-3H2,1H3. The lowest BCUT2D eigenvalue weighted by Gasteiger charge is -2.04. The molecule has 2 rings (SSSR count). The summed E-state index contributed by atoms with van der Waals surface area (Å²) in [6, 6.07) is 2.45. The smallest absolute Gasteiger partial charge is 0.437 e. The third-order valence-electron chi connectivity index (χ3n) is 2.46. The lowest BCUT2D eigenvalue weighted by Crippen LogP contribution is -2.05. The molecule has 1 aromatic carbocycles. The highest BCUT2D eigenvalue weighted by Crippen LogP contribution is 2.36. The zero-order valence-corrected chi connectivity index (χ0v) is 9.01. The van der Waals surface area contributed by atoms with E-state index in [0.29, 0.717) is 12.0 Å². The molecule has 0 saturated heterocycles. The molecule has 0 atom stereocenters. The van der Waals surface area contributed by atoms with Crippen molar-refractivity contribution >= 4 is 11.0 Å². The Labute approximate surface area is 94.8 Å². The Hall–Kier alpha value is -1.72. The lowest BCUT2D eigenvalue weighted by molar-refractivity contribution is -0.141. The molecule has 0 spiro atoms. The molecule has 0 radical (unpaired) electrons. The molecule has 0 aliphatic heterocycles. The van der Waals surface area contributed by atoms with E-state index in [4.69, 9.17) is 0 Å². The number of aromatic nitrogens is 1. The van der Waals surface area contributed by atoms with Crippen molar-refractivity contribution < 1.29 is 22.8 Å². The van der Waals surface area contributed by atoms with Gasteiger partial charge in [-0.1, -0.05) is 18.5 Å². The quantitative estimate of drug-likeness (QED) is 0.880. The topological polar surface area (TPSA) is 46.3 Å². The first-order valence-corrected chi connectivity index (χ1v) is 5.12. The van der Waals surface area contributed by atoms with Gasteiger partial charge in [-0.25, -0.2) is 0 Å². The number of alkyl halides is 3. The number of hydrogen-bond acceptors (Lipinski definition) is 3. The summed E-state index contributed by atoms with van der Waals surface area (Å²) in [6.45, 7) is 1.88. The first-order valence-electron chi connectivity index (χ1n) is 5.12. The van der Waals surface area contributed by atoms with E-state index in [9.17, 15) is 18.3 Å². The van der Waals surface area contributed by atoms with Gasteiger partial charge in [0.25, 0.3) is 0 Å². The third-order valence-corrected chi connectivity index (χ3v) is 2.46. The summed E-state index contributed by atoms with van der Waals surface area (Å²) in [4.78, 5) is 0. The van der Waals surface area contributed by atoms with E-state index in [-0.39, 0.29) is 16.7 Å². The van der Waals surface area contributed by atoms with Crippen LogP contribution in [0.5, 0.6) is 5.75 Å².